The molecule has 0 aromatic carbocycles. The number of aliphatic hydroxyl groups is 1. The lowest BCUT2D eigenvalue weighted by Gasteiger charge is -2.14. The fourth-order valence-corrected chi connectivity index (χ4v) is 2.42. The maximum absolute atomic E-state index is 12.3. The molecular formula is C15H25N3O2. The van der Waals surface area contributed by atoms with Crippen molar-refractivity contribution >= 4 is 5.91 Å². The Kier molecular flexibility index (Phi) is 4.81. The number of aliphatic hydroxyl groups excluding tert-OH is 1. The van der Waals surface area contributed by atoms with Crippen LogP contribution in [-0.4, -0.2) is 33.4 Å². The summed E-state index contributed by atoms with van der Waals surface area (Å²) in [7, 11) is 0. The van der Waals surface area contributed by atoms with E-state index in [1.54, 1.807) is 6.20 Å². The van der Waals surface area contributed by atoms with E-state index in [4.69, 9.17) is 5.11 Å². The van der Waals surface area contributed by atoms with Crippen LogP contribution in [0.25, 0.3) is 0 Å². The molecule has 1 aliphatic rings. The van der Waals surface area contributed by atoms with Crippen LogP contribution in [0, 0.1) is 5.92 Å². The first-order chi connectivity index (χ1) is 9.52. The number of amides is 1. The molecule has 1 aromatic rings. The SMILES string of the molecule is CC(C)Cn1ncc(C(=O)NC(C)CCO)c1C1CC1. The molecule has 0 spiro atoms. The van der Waals surface area contributed by atoms with E-state index in [0.717, 1.165) is 25.1 Å². The predicted molar refractivity (Wildman–Crippen MR) is 77.7 cm³/mol. The third-order valence-corrected chi connectivity index (χ3v) is 3.57. The van der Waals surface area contributed by atoms with E-state index in [9.17, 15) is 4.79 Å². The number of nitrogens with one attached hydrogen (secondary N) is 1. The Balaban J connectivity index is 2.14. The van der Waals surface area contributed by atoms with Gasteiger partial charge < -0.3 is 10.4 Å². The molecule has 5 heteroatoms. The van der Waals surface area contributed by atoms with E-state index < -0.39 is 0 Å². The van der Waals surface area contributed by atoms with Gasteiger partial charge in [-0.15, -0.1) is 0 Å². The molecule has 1 aliphatic carbocycles. The molecule has 1 atom stereocenters. The molecule has 2 rings (SSSR count). The van der Waals surface area contributed by atoms with Crippen LogP contribution in [0.15, 0.2) is 6.20 Å². The number of hydrogen-bond acceptors (Lipinski definition) is 3. The van der Waals surface area contributed by atoms with Crippen LogP contribution in [0.5, 0.6) is 0 Å². The van der Waals surface area contributed by atoms with E-state index >= 15 is 0 Å². The Hall–Kier alpha value is -1.36. The predicted octanol–water partition coefficient (Wildman–Crippen LogP) is 1.92. The maximum Gasteiger partial charge on any atom is 0.254 e. The van der Waals surface area contributed by atoms with Crippen molar-refractivity contribution in [3.05, 3.63) is 17.5 Å². The summed E-state index contributed by atoms with van der Waals surface area (Å²) in [6, 6.07) is -0.0204. The number of rotatable bonds is 7. The Morgan fingerprint density at radius 3 is 2.75 bits per heavy atom. The molecule has 112 valence electrons. The van der Waals surface area contributed by atoms with Crippen LogP contribution >= 0.6 is 0 Å². The van der Waals surface area contributed by atoms with Gasteiger partial charge in [0.05, 0.1) is 17.5 Å². The van der Waals surface area contributed by atoms with Crippen molar-refractivity contribution in [3.63, 3.8) is 0 Å². The standard InChI is InChI=1S/C15H25N3O2/c1-10(2)9-18-14(12-4-5-12)13(8-16-18)15(20)17-11(3)6-7-19/h8,10-12,19H,4-7,9H2,1-3H3,(H,17,20). The van der Waals surface area contributed by atoms with Crippen LogP contribution in [0.3, 0.4) is 0 Å². The fraction of sp³-hybridized carbons (Fsp3) is 0.733. The van der Waals surface area contributed by atoms with Crippen molar-refractivity contribution in [2.24, 2.45) is 5.92 Å². The summed E-state index contributed by atoms with van der Waals surface area (Å²) in [6.07, 6.45) is 4.56. The Bertz CT molecular complexity index is 464. The van der Waals surface area contributed by atoms with Gasteiger partial charge in [-0.25, -0.2) is 0 Å². The second-order valence-electron chi connectivity index (χ2n) is 6.18. The van der Waals surface area contributed by atoms with Crippen LogP contribution in [-0.2, 0) is 6.54 Å². The van der Waals surface area contributed by atoms with E-state index in [0.29, 0.717) is 23.8 Å². The van der Waals surface area contributed by atoms with Crippen LogP contribution in [0.4, 0.5) is 0 Å². The summed E-state index contributed by atoms with van der Waals surface area (Å²) in [5, 5.41) is 16.2. The molecule has 0 radical (unpaired) electrons. The zero-order valence-corrected chi connectivity index (χ0v) is 12.6. The molecule has 1 saturated carbocycles. The lowest BCUT2D eigenvalue weighted by molar-refractivity contribution is 0.0933. The van der Waals surface area contributed by atoms with Gasteiger partial charge in [0.15, 0.2) is 0 Å². The Labute approximate surface area is 120 Å². The van der Waals surface area contributed by atoms with Crippen molar-refractivity contribution in [1.82, 2.24) is 15.1 Å². The molecule has 1 unspecified atom stereocenters. The van der Waals surface area contributed by atoms with Gasteiger partial charge in [-0.2, -0.15) is 5.10 Å². The first kappa shape index (κ1) is 15.0. The molecule has 0 bridgehead atoms. The molecule has 0 saturated heterocycles. The number of carbonyl (C=O) groups excluding carboxylic acids is 1. The molecule has 5 nitrogen and oxygen atoms in total. The average Bonchev–Trinajstić information content (AvgIpc) is 3.10. The van der Waals surface area contributed by atoms with E-state index in [2.05, 4.69) is 24.3 Å². The maximum atomic E-state index is 12.3. The Morgan fingerprint density at radius 1 is 1.50 bits per heavy atom. The molecule has 20 heavy (non-hydrogen) atoms. The quantitative estimate of drug-likeness (QED) is 0.801. The van der Waals surface area contributed by atoms with Crippen molar-refractivity contribution in [3.8, 4) is 0 Å². The van der Waals surface area contributed by atoms with Crippen molar-refractivity contribution in [2.45, 2.75) is 58.5 Å². The van der Waals surface area contributed by atoms with Crippen molar-refractivity contribution < 1.29 is 9.90 Å². The largest absolute Gasteiger partial charge is 0.396 e. The van der Waals surface area contributed by atoms with Gasteiger partial charge in [0.1, 0.15) is 0 Å². The Morgan fingerprint density at radius 2 is 2.20 bits per heavy atom. The first-order valence-corrected chi connectivity index (χ1v) is 7.50. The van der Waals surface area contributed by atoms with Crippen molar-refractivity contribution in [2.75, 3.05) is 6.61 Å². The normalized spacial score (nSPS) is 16.4. The van der Waals surface area contributed by atoms with E-state index in [1.807, 2.05) is 11.6 Å². The van der Waals surface area contributed by atoms with Crippen LogP contribution in [0.2, 0.25) is 0 Å². The third kappa shape index (κ3) is 3.60. The molecule has 1 fully saturated rings. The topological polar surface area (TPSA) is 67.2 Å². The highest BCUT2D eigenvalue weighted by molar-refractivity contribution is 5.95. The highest BCUT2D eigenvalue weighted by atomic mass is 16.3. The fourth-order valence-electron chi connectivity index (χ4n) is 2.42. The number of hydrogen-bond donors (Lipinski definition) is 2. The summed E-state index contributed by atoms with van der Waals surface area (Å²) in [5.41, 5.74) is 1.80. The molecule has 1 heterocycles. The van der Waals surface area contributed by atoms with Gasteiger partial charge in [0, 0.05) is 25.1 Å². The number of nitrogens with zero attached hydrogens (tertiary/aromatic N) is 2. The average molecular weight is 279 g/mol. The second kappa shape index (κ2) is 6.39. The zero-order chi connectivity index (χ0) is 14.7. The lowest BCUT2D eigenvalue weighted by atomic mass is 10.1. The monoisotopic (exact) mass is 279 g/mol. The molecular weight excluding hydrogens is 254 g/mol. The van der Waals surface area contributed by atoms with Gasteiger partial charge >= 0.3 is 0 Å². The summed E-state index contributed by atoms with van der Waals surface area (Å²) in [5.74, 6) is 0.935. The highest BCUT2D eigenvalue weighted by Crippen LogP contribution is 2.41. The summed E-state index contributed by atoms with van der Waals surface area (Å²) < 4.78 is 1.99. The lowest BCUT2D eigenvalue weighted by Crippen LogP contribution is -2.33. The van der Waals surface area contributed by atoms with Crippen LogP contribution < -0.4 is 5.32 Å². The molecule has 0 aliphatic heterocycles. The van der Waals surface area contributed by atoms with Gasteiger partial charge in [-0.05, 0) is 32.1 Å². The summed E-state index contributed by atoms with van der Waals surface area (Å²) in [4.78, 5) is 12.3. The molecule has 1 amide bonds. The van der Waals surface area contributed by atoms with Gasteiger partial charge in [0.2, 0.25) is 0 Å². The van der Waals surface area contributed by atoms with Gasteiger partial charge in [-0.1, -0.05) is 13.8 Å². The molecule has 1 aromatic heterocycles. The second-order valence-corrected chi connectivity index (χ2v) is 6.18. The van der Waals surface area contributed by atoms with Gasteiger partial charge in [0.25, 0.3) is 5.91 Å². The minimum absolute atomic E-state index is 0.0204. The number of carbonyl (C=O) groups is 1. The van der Waals surface area contributed by atoms with E-state index in [1.165, 1.54) is 0 Å². The summed E-state index contributed by atoms with van der Waals surface area (Å²) in [6.45, 7) is 7.15. The molecule has 2 N–H and O–H groups in total. The third-order valence-electron chi connectivity index (χ3n) is 3.57. The zero-order valence-electron chi connectivity index (χ0n) is 12.6. The smallest absolute Gasteiger partial charge is 0.254 e. The number of aromatic nitrogens is 2. The van der Waals surface area contributed by atoms with Crippen LogP contribution in [0.1, 0.15) is 62.0 Å². The minimum Gasteiger partial charge on any atom is -0.396 e. The van der Waals surface area contributed by atoms with E-state index in [-0.39, 0.29) is 18.6 Å². The minimum atomic E-state index is -0.0668. The first-order valence-electron chi connectivity index (χ1n) is 7.50. The van der Waals surface area contributed by atoms with Crippen molar-refractivity contribution in [1.29, 1.82) is 0 Å². The highest BCUT2D eigenvalue weighted by Gasteiger charge is 2.32. The van der Waals surface area contributed by atoms with Gasteiger partial charge in [-0.3, -0.25) is 9.48 Å². The summed E-state index contributed by atoms with van der Waals surface area (Å²) >= 11 is 0.